The predicted octanol–water partition coefficient (Wildman–Crippen LogP) is 5.20. The summed E-state index contributed by atoms with van der Waals surface area (Å²) in [5.41, 5.74) is 1.52. The summed E-state index contributed by atoms with van der Waals surface area (Å²) in [5, 5.41) is 3.72. The molecule has 0 bridgehead atoms. The van der Waals surface area contributed by atoms with Crippen LogP contribution >= 0.6 is 23.1 Å². The summed E-state index contributed by atoms with van der Waals surface area (Å²) in [5.74, 6) is 0.284. The van der Waals surface area contributed by atoms with Crippen molar-refractivity contribution >= 4 is 39.1 Å². The zero-order valence-corrected chi connectivity index (χ0v) is 15.3. The molecule has 124 valence electrons. The van der Waals surface area contributed by atoms with E-state index in [1.807, 2.05) is 26.2 Å². The summed E-state index contributed by atoms with van der Waals surface area (Å²) < 4.78 is 13.2. The van der Waals surface area contributed by atoms with Crippen LogP contribution in [-0.2, 0) is 4.79 Å². The fourth-order valence-corrected chi connectivity index (χ4v) is 4.30. The smallest absolute Gasteiger partial charge is 0.148 e. The largest absolute Gasteiger partial charge is 0.298 e. The van der Waals surface area contributed by atoms with Crippen LogP contribution in [0.3, 0.4) is 0 Å². The van der Waals surface area contributed by atoms with E-state index in [-0.39, 0.29) is 17.0 Å². The minimum Gasteiger partial charge on any atom is -0.298 e. The number of hydrogen-bond donors (Lipinski definition) is 0. The van der Waals surface area contributed by atoms with Gasteiger partial charge in [-0.3, -0.25) is 4.79 Å². The number of rotatable bonds is 4. The van der Waals surface area contributed by atoms with E-state index in [2.05, 4.69) is 9.97 Å². The topological polar surface area (TPSA) is 42.9 Å². The summed E-state index contributed by atoms with van der Waals surface area (Å²) in [6, 6.07) is 6.38. The second-order valence-electron chi connectivity index (χ2n) is 6.48. The first-order valence-electron chi connectivity index (χ1n) is 7.50. The van der Waals surface area contributed by atoms with E-state index >= 15 is 0 Å². The number of carbonyl (C=O) groups excluding carboxylic acids is 1. The van der Waals surface area contributed by atoms with E-state index in [4.69, 9.17) is 0 Å². The number of Topliss-reactive ketones (excluding diaryl/α,β-unsaturated/α-hetero) is 1. The number of hydrogen-bond acceptors (Lipinski definition) is 5. The van der Waals surface area contributed by atoms with Gasteiger partial charge in [-0.2, -0.15) is 0 Å². The number of ketones is 1. The Morgan fingerprint density at radius 2 is 1.92 bits per heavy atom. The first kappa shape index (κ1) is 17.0. The van der Waals surface area contributed by atoms with Crippen molar-refractivity contribution in [3.8, 4) is 11.1 Å². The Morgan fingerprint density at radius 3 is 2.58 bits per heavy atom. The molecule has 3 rings (SSSR count). The van der Waals surface area contributed by atoms with Gasteiger partial charge in [0.2, 0.25) is 0 Å². The van der Waals surface area contributed by atoms with Crippen LogP contribution in [0, 0.1) is 11.2 Å². The molecule has 0 unspecified atom stereocenters. The van der Waals surface area contributed by atoms with Crippen LogP contribution in [0.5, 0.6) is 0 Å². The molecule has 0 spiro atoms. The molecule has 0 atom stereocenters. The third-order valence-electron chi connectivity index (χ3n) is 3.67. The molecular weight excluding hydrogens is 343 g/mol. The Labute approximate surface area is 148 Å². The summed E-state index contributed by atoms with van der Waals surface area (Å²) in [4.78, 5) is 21.8. The zero-order chi connectivity index (χ0) is 17.3. The van der Waals surface area contributed by atoms with Crippen molar-refractivity contribution in [3.05, 3.63) is 41.8 Å². The average molecular weight is 360 g/mol. The van der Waals surface area contributed by atoms with Gasteiger partial charge in [-0.1, -0.05) is 44.7 Å². The van der Waals surface area contributed by atoms with Crippen LogP contribution in [-0.4, -0.2) is 21.5 Å². The maximum atomic E-state index is 13.2. The standard InChI is InChI=1S/C18H17FN2OS2/c1-18(2,3)14(22)9-24-17-15-13(8-23-16(15)20-10-21-17)11-4-6-12(19)7-5-11/h4-8,10H,9H2,1-3H3. The van der Waals surface area contributed by atoms with Crippen molar-refractivity contribution in [3.63, 3.8) is 0 Å². The van der Waals surface area contributed by atoms with Gasteiger partial charge in [-0.25, -0.2) is 14.4 Å². The molecule has 0 fully saturated rings. The predicted molar refractivity (Wildman–Crippen MR) is 98.0 cm³/mol. The van der Waals surface area contributed by atoms with Gasteiger partial charge in [0, 0.05) is 16.4 Å². The minimum absolute atomic E-state index is 0.179. The monoisotopic (exact) mass is 360 g/mol. The normalized spacial score (nSPS) is 11.8. The van der Waals surface area contributed by atoms with Gasteiger partial charge in [0.15, 0.2) is 0 Å². The summed E-state index contributed by atoms with van der Waals surface area (Å²) >= 11 is 2.96. The van der Waals surface area contributed by atoms with Gasteiger partial charge in [-0.05, 0) is 17.7 Å². The Kier molecular flexibility index (Phi) is 4.69. The second-order valence-corrected chi connectivity index (χ2v) is 8.30. The molecule has 0 saturated carbocycles. The zero-order valence-electron chi connectivity index (χ0n) is 13.7. The summed E-state index contributed by atoms with van der Waals surface area (Å²) in [6.07, 6.45) is 1.52. The van der Waals surface area contributed by atoms with Crippen LogP contribution in [0.25, 0.3) is 21.3 Å². The maximum absolute atomic E-state index is 13.2. The molecule has 0 amide bonds. The lowest BCUT2D eigenvalue weighted by Gasteiger charge is -2.15. The van der Waals surface area contributed by atoms with Crippen molar-refractivity contribution in [2.45, 2.75) is 25.8 Å². The summed E-state index contributed by atoms with van der Waals surface area (Å²) in [7, 11) is 0. The summed E-state index contributed by atoms with van der Waals surface area (Å²) in [6.45, 7) is 5.75. The van der Waals surface area contributed by atoms with E-state index in [0.717, 1.165) is 26.4 Å². The third kappa shape index (κ3) is 3.49. The molecule has 0 aliphatic heterocycles. The lowest BCUT2D eigenvalue weighted by molar-refractivity contribution is -0.123. The fourth-order valence-electron chi connectivity index (χ4n) is 2.15. The van der Waals surface area contributed by atoms with Crippen molar-refractivity contribution in [1.29, 1.82) is 0 Å². The first-order chi connectivity index (χ1) is 11.4. The highest BCUT2D eigenvalue weighted by Crippen LogP contribution is 2.38. The SMILES string of the molecule is CC(C)(C)C(=O)CSc1ncnc2scc(-c3ccc(F)cc3)c12. The van der Waals surface area contributed by atoms with E-state index in [0.29, 0.717) is 5.75 Å². The average Bonchev–Trinajstić information content (AvgIpc) is 2.97. The first-order valence-corrected chi connectivity index (χ1v) is 9.37. The molecular formula is C18H17FN2OS2. The van der Waals surface area contributed by atoms with Gasteiger partial charge >= 0.3 is 0 Å². The number of halogens is 1. The van der Waals surface area contributed by atoms with E-state index in [1.54, 1.807) is 12.1 Å². The molecule has 24 heavy (non-hydrogen) atoms. The molecule has 2 aromatic heterocycles. The molecule has 3 aromatic rings. The molecule has 2 heterocycles. The lowest BCUT2D eigenvalue weighted by atomic mass is 9.92. The quantitative estimate of drug-likeness (QED) is 0.473. The van der Waals surface area contributed by atoms with Gasteiger partial charge in [0.05, 0.1) is 11.1 Å². The highest BCUT2D eigenvalue weighted by molar-refractivity contribution is 8.00. The van der Waals surface area contributed by atoms with Crippen LogP contribution in [0.2, 0.25) is 0 Å². The molecule has 6 heteroatoms. The molecule has 1 aromatic carbocycles. The van der Waals surface area contributed by atoms with Crippen molar-refractivity contribution in [1.82, 2.24) is 9.97 Å². The second kappa shape index (κ2) is 6.61. The highest BCUT2D eigenvalue weighted by atomic mass is 32.2. The number of carbonyl (C=O) groups is 1. The van der Waals surface area contributed by atoms with Crippen LogP contribution in [0.15, 0.2) is 41.0 Å². The van der Waals surface area contributed by atoms with E-state index in [1.165, 1.54) is 41.6 Å². The van der Waals surface area contributed by atoms with Gasteiger partial charge in [-0.15, -0.1) is 11.3 Å². The van der Waals surface area contributed by atoms with Crippen molar-refractivity contribution in [2.75, 3.05) is 5.75 Å². The van der Waals surface area contributed by atoms with Crippen molar-refractivity contribution in [2.24, 2.45) is 5.41 Å². The number of nitrogens with zero attached hydrogens (tertiary/aromatic N) is 2. The number of aromatic nitrogens is 2. The number of benzene rings is 1. The van der Waals surface area contributed by atoms with E-state index in [9.17, 15) is 9.18 Å². The molecule has 3 nitrogen and oxygen atoms in total. The van der Waals surface area contributed by atoms with Crippen LogP contribution < -0.4 is 0 Å². The number of thioether (sulfide) groups is 1. The Hall–Kier alpha value is -1.79. The molecule has 0 aliphatic rings. The maximum Gasteiger partial charge on any atom is 0.148 e. The van der Waals surface area contributed by atoms with Gasteiger partial charge in [0.25, 0.3) is 0 Å². The third-order valence-corrected chi connectivity index (χ3v) is 5.54. The van der Waals surface area contributed by atoms with Crippen LogP contribution in [0.1, 0.15) is 20.8 Å². The van der Waals surface area contributed by atoms with Crippen LogP contribution in [0.4, 0.5) is 4.39 Å². The fraction of sp³-hybridized carbons (Fsp3) is 0.278. The molecule has 0 aliphatic carbocycles. The molecule has 0 radical (unpaired) electrons. The highest BCUT2D eigenvalue weighted by Gasteiger charge is 2.22. The Bertz CT molecular complexity index is 882. The number of fused-ring (bicyclic) bond motifs is 1. The van der Waals surface area contributed by atoms with Gasteiger partial charge < -0.3 is 0 Å². The van der Waals surface area contributed by atoms with Crippen molar-refractivity contribution < 1.29 is 9.18 Å². The Morgan fingerprint density at radius 1 is 1.21 bits per heavy atom. The van der Waals surface area contributed by atoms with Gasteiger partial charge in [0.1, 0.15) is 27.8 Å². The molecule has 0 N–H and O–H groups in total. The van der Waals surface area contributed by atoms with E-state index < -0.39 is 0 Å². The number of thiophene rings is 1. The lowest BCUT2D eigenvalue weighted by Crippen LogP contribution is -2.22. The molecule has 0 saturated heterocycles. The minimum atomic E-state index is -0.367. The Balaban J connectivity index is 1.98.